The number of allylic oxidation sites excluding steroid dienone is 8. The molecule has 0 aromatic rings. The Balaban J connectivity index is 2.81. The van der Waals surface area contributed by atoms with Crippen molar-refractivity contribution in [3.63, 3.8) is 0 Å². The molecule has 4 nitrogen and oxygen atoms in total. The van der Waals surface area contributed by atoms with Crippen LogP contribution in [0.15, 0.2) is 70.9 Å². The van der Waals surface area contributed by atoms with Crippen LogP contribution in [0.2, 0.25) is 0 Å². The molecular formula is C30H44O4. The van der Waals surface area contributed by atoms with Crippen LogP contribution in [-0.4, -0.2) is 25.2 Å². The van der Waals surface area contributed by atoms with Gasteiger partial charge in [0.25, 0.3) is 0 Å². The number of ether oxygens (including phenoxy) is 2. The fourth-order valence-electron chi connectivity index (χ4n) is 4.04. The van der Waals surface area contributed by atoms with Gasteiger partial charge in [0.05, 0.1) is 0 Å². The average molecular weight is 469 g/mol. The molecule has 2 atom stereocenters. The molecule has 0 bridgehead atoms. The predicted molar refractivity (Wildman–Crippen MR) is 141 cm³/mol. The molecule has 0 unspecified atom stereocenters. The first-order valence-corrected chi connectivity index (χ1v) is 12.5. The van der Waals surface area contributed by atoms with Crippen LogP contribution < -0.4 is 0 Å². The molecule has 1 rings (SSSR count). The number of hydrogen-bond acceptors (Lipinski definition) is 4. The summed E-state index contributed by atoms with van der Waals surface area (Å²) in [7, 11) is 0. The van der Waals surface area contributed by atoms with Crippen molar-refractivity contribution >= 4 is 11.9 Å². The first kappa shape index (κ1) is 29.4. The minimum absolute atomic E-state index is 0.280. The number of rotatable bonds is 0. The Morgan fingerprint density at radius 2 is 1.06 bits per heavy atom. The molecule has 0 aromatic carbocycles. The molecule has 0 N–H and O–H groups in total. The van der Waals surface area contributed by atoms with Crippen molar-refractivity contribution in [1.29, 1.82) is 0 Å². The standard InChI is InChI=1S/C30H44O4/c1-23-11-7-9-13-29(31)33-18-16-26(4)22-28(6)20-24(2)12-8-10-14-30(32)34-17-15-25(3)21-27(5)19-23/h9-10,13-16,21-24H,7-8,11-12,17-20H2,1-6H3/b13-9+,14-10+,25-15+,26-16+,27-21+,28-22+/t23-,24-/m0/s1. The van der Waals surface area contributed by atoms with E-state index in [0.29, 0.717) is 11.8 Å². The Labute approximate surface area is 207 Å². The minimum Gasteiger partial charge on any atom is -0.458 e. The highest BCUT2D eigenvalue weighted by molar-refractivity contribution is 5.82. The molecule has 1 aliphatic rings. The van der Waals surface area contributed by atoms with E-state index in [1.807, 2.05) is 38.2 Å². The fraction of sp³-hybridized carbons (Fsp3) is 0.533. The van der Waals surface area contributed by atoms with Gasteiger partial charge in [0.2, 0.25) is 0 Å². The Hall–Kier alpha value is -2.62. The van der Waals surface area contributed by atoms with E-state index in [-0.39, 0.29) is 25.2 Å². The Morgan fingerprint density at radius 1 is 0.676 bits per heavy atom. The molecule has 0 saturated heterocycles. The largest absolute Gasteiger partial charge is 0.458 e. The molecule has 34 heavy (non-hydrogen) atoms. The van der Waals surface area contributed by atoms with Gasteiger partial charge in [0, 0.05) is 12.2 Å². The summed E-state index contributed by atoms with van der Waals surface area (Å²) in [6.07, 6.45) is 20.7. The van der Waals surface area contributed by atoms with Crippen LogP contribution in [0, 0.1) is 11.8 Å². The van der Waals surface area contributed by atoms with Crippen molar-refractivity contribution in [3.05, 3.63) is 70.9 Å². The van der Waals surface area contributed by atoms with Gasteiger partial charge in [-0.25, -0.2) is 9.59 Å². The highest BCUT2D eigenvalue weighted by Crippen LogP contribution is 2.19. The van der Waals surface area contributed by atoms with Gasteiger partial charge >= 0.3 is 11.9 Å². The highest BCUT2D eigenvalue weighted by Gasteiger charge is 2.05. The smallest absolute Gasteiger partial charge is 0.330 e. The zero-order valence-corrected chi connectivity index (χ0v) is 22.1. The third-order valence-corrected chi connectivity index (χ3v) is 5.71. The first-order valence-electron chi connectivity index (χ1n) is 12.5. The minimum atomic E-state index is -0.293. The monoisotopic (exact) mass is 468 g/mol. The zero-order valence-electron chi connectivity index (χ0n) is 22.1. The molecule has 0 saturated carbocycles. The number of hydrogen-bond donors (Lipinski definition) is 0. The number of cyclic esters (lactones) is 2. The molecule has 1 heterocycles. The molecule has 0 radical (unpaired) electrons. The van der Waals surface area contributed by atoms with E-state index < -0.39 is 0 Å². The molecule has 0 amide bonds. The maximum absolute atomic E-state index is 11.9. The van der Waals surface area contributed by atoms with E-state index in [1.165, 1.54) is 23.3 Å². The van der Waals surface area contributed by atoms with Crippen molar-refractivity contribution in [2.75, 3.05) is 13.2 Å². The van der Waals surface area contributed by atoms with Crippen LogP contribution in [-0.2, 0) is 19.1 Å². The number of esters is 2. The van der Waals surface area contributed by atoms with E-state index in [0.717, 1.165) is 49.7 Å². The summed E-state index contributed by atoms with van der Waals surface area (Å²) < 4.78 is 10.6. The Morgan fingerprint density at radius 3 is 1.44 bits per heavy atom. The average Bonchev–Trinajstić information content (AvgIpc) is 2.73. The molecule has 0 aromatic heterocycles. The fourth-order valence-corrected chi connectivity index (χ4v) is 4.04. The Bertz CT molecular complexity index is 766. The van der Waals surface area contributed by atoms with Gasteiger partial charge in [-0.05, 0) is 90.2 Å². The maximum atomic E-state index is 11.9. The highest BCUT2D eigenvalue weighted by atomic mass is 16.5. The van der Waals surface area contributed by atoms with Gasteiger partial charge in [-0.1, -0.05) is 60.4 Å². The Kier molecular flexibility index (Phi) is 14.6. The predicted octanol–water partition coefficient (Wildman–Crippen LogP) is 7.60. The van der Waals surface area contributed by atoms with Crippen LogP contribution in [0.4, 0.5) is 0 Å². The van der Waals surface area contributed by atoms with Crippen molar-refractivity contribution in [3.8, 4) is 0 Å². The summed E-state index contributed by atoms with van der Waals surface area (Å²) >= 11 is 0. The van der Waals surface area contributed by atoms with Gasteiger partial charge in [0.1, 0.15) is 13.2 Å². The molecule has 0 spiro atoms. The van der Waals surface area contributed by atoms with Gasteiger partial charge < -0.3 is 9.47 Å². The van der Waals surface area contributed by atoms with E-state index in [4.69, 9.17) is 9.47 Å². The lowest BCUT2D eigenvalue weighted by Crippen LogP contribution is -2.01. The number of carbonyl (C=O) groups excluding carboxylic acids is 2. The van der Waals surface area contributed by atoms with Gasteiger partial charge in [-0.2, -0.15) is 0 Å². The first-order chi connectivity index (χ1) is 16.2. The SMILES string of the molecule is CC1=C\COC(=O)/C=C/CC[C@H](C)C/C(C)=C/C(C)=C/COC(=O)/C=C/CC[C@H](C)C\C(C)=C\1. The van der Waals surface area contributed by atoms with Gasteiger partial charge in [-0.3, -0.25) is 0 Å². The van der Waals surface area contributed by atoms with Crippen LogP contribution in [0.25, 0.3) is 0 Å². The van der Waals surface area contributed by atoms with Crippen molar-refractivity contribution in [2.45, 2.75) is 80.1 Å². The molecule has 0 fully saturated rings. The lowest BCUT2D eigenvalue weighted by molar-refractivity contribution is -0.137. The summed E-state index contributed by atoms with van der Waals surface area (Å²) in [6, 6.07) is 0. The maximum Gasteiger partial charge on any atom is 0.330 e. The van der Waals surface area contributed by atoms with E-state index in [2.05, 4.69) is 39.8 Å². The second kappa shape index (κ2) is 16.9. The lowest BCUT2D eigenvalue weighted by atomic mass is 9.96. The summed E-state index contributed by atoms with van der Waals surface area (Å²) in [5.41, 5.74) is 4.76. The molecular weight excluding hydrogens is 424 g/mol. The summed E-state index contributed by atoms with van der Waals surface area (Å²) in [4.78, 5) is 23.9. The van der Waals surface area contributed by atoms with Crippen LogP contribution in [0.5, 0.6) is 0 Å². The number of carbonyl (C=O) groups is 2. The van der Waals surface area contributed by atoms with Crippen molar-refractivity contribution in [2.24, 2.45) is 11.8 Å². The van der Waals surface area contributed by atoms with Crippen molar-refractivity contribution in [1.82, 2.24) is 0 Å². The second-order valence-corrected chi connectivity index (χ2v) is 9.72. The third-order valence-electron chi connectivity index (χ3n) is 5.71. The molecule has 0 aliphatic carbocycles. The van der Waals surface area contributed by atoms with Crippen molar-refractivity contribution < 1.29 is 19.1 Å². The van der Waals surface area contributed by atoms with Gasteiger partial charge in [0.15, 0.2) is 0 Å². The summed E-state index contributed by atoms with van der Waals surface area (Å²) in [6.45, 7) is 13.3. The van der Waals surface area contributed by atoms with E-state index in [1.54, 1.807) is 0 Å². The normalized spacial score (nSPS) is 31.7. The zero-order chi connectivity index (χ0) is 25.3. The lowest BCUT2D eigenvalue weighted by Gasteiger charge is -2.11. The van der Waals surface area contributed by atoms with E-state index >= 15 is 0 Å². The van der Waals surface area contributed by atoms with Crippen LogP contribution in [0.3, 0.4) is 0 Å². The molecule has 1 aliphatic heterocycles. The topological polar surface area (TPSA) is 52.6 Å². The van der Waals surface area contributed by atoms with Crippen LogP contribution in [0.1, 0.15) is 80.1 Å². The van der Waals surface area contributed by atoms with Crippen LogP contribution >= 0.6 is 0 Å². The van der Waals surface area contributed by atoms with Gasteiger partial charge in [-0.15, -0.1) is 0 Å². The second-order valence-electron chi connectivity index (χ2n) is 9.72. The quantitative estimate of drug-likeness (QED) is 0.344. The molecule has 188 valence electrons. The molecule has 4 heteroatoms. The summed E-state index contributed by atoms with van der Waals surface area (Å²) in [5.74, 6) is 0.431. The van der Waals surface area contributed by atoms with E-state index in [9.17, 15) is 9.59 Å². The third kappa shape index (κ3) is 15.3. The summed E-state index contributed by atoms with van der Waals surface area (Å²) in [5, 5.41) is 0.